The second-order valence-electron chi connectivity index (χ2n) is 3.91. The van der Waals surface area contributed by atoms with Crippen LogP contribution in [-0.4, -0.2) is 7.11 Å². The molecule has 0 bridgehead atoms. The molecular formula is C14H10BrF2IO. The lowest BCUT2D eigenvalue weighted by Crippen LogP contribution is -2.00. The van der Waals surface area contributed by atoms with Crippen LogP contribution in [0, 0.1) is 15.2 Å². The number of methoxy groups -OCH3 is 1. The Labute approximate surface area is 132 Å². The summed E-state index contributed by atoms with van der Waals surface area (Å²) in [6, 6.07) is 8.85. The average Bonchev–Trinajstić information content (AvgIpc) is 2.38. The van der Waals surface area contributed by atoms with Crippen LogP contribution in [0.25, 0.3) is 0 Å². The van der Waals surface area contributed by atoms with Gasteiger partial charge in [0.25, 0.3) is 0 Å². The molecule has 0 heterocycles. The fraction of sp³-hybridized carbons (Fsp3) is 0.143. The Morgan fingerprint density at radius 1 is 1.05 bits per heavy atom. The van der Waals surface area contributed by atoms with E-state index in [0.29, 0.717) is 11.3 Å². The molecule has 0 aliphatic carbocycles. The number of rotatable bonds is 3. The van der Waals surface area contributed by atoms with E-state index in [1.54, 1.807) is 12.1 Å². The second kappa shape index (κ2) is 6.17. The van der Waals surface area contributed by atoms with Gasteiger partial charge in [0.2, 0.25) is 0 Å². The number of hydrogen-bond acceptors (Lipinski definition) is 1. The minimum Gasteiger partial charge on any atom is -0.496 e. The minimum atomic E-state index is -0.336. The first-order chi connectivity index (χ1) is 9.02. The Bertz CT molecular complexity index is 604. The highest BCUT2D eigenvalue weighted by atomic mass is 127. The molecule has 0 radical (unpaired) electrons. The van der Waals surface area contributed by atoms with Gasteiger partial charge in [-0.15, -0.1) is 0 Å². The molecule has 1 nitrogen and oxygen atoms in total. The summed E-state index contributed by atoms with van der Waals surface area (Å²) < 4.78 is 32.5. The Morgan fingerprint density at radius 3 is 2.32 bits per heavy atom. The summed E-state index contributed by atoms with van der Waals surface area (Å²) in [6.45, 7) is 0. The summed E-state index contributed by atoms with van der Waals surface area (Å²) in [4.78, 5) is -0.259. The van der Waals surface area contributed by atoms with E-state index in [0.717, 1.165) is 9.13 Å². The van der Waals surface area contributed by atoms with E-state index in [-0.39, 0.29) is 16.5 Å². The van der Waals surface area contributed by atoms with Gasteiger partial charge in [0, 0.05) is 9.13 Å². The molecule has 0 saturated carbocycles. The number of hydrogen-bond donors (Lipinski definition) is 0. The summed E-state index contributed by atoms with van der Waals surface area (Å²) in [5.41, 5.74) is 1.54. The van der Waals surface area contributed by atoms with Crippen LogP contribution in [0.2, 0.25) is 0 Å². The fourth-order valence-electron chi connectivity index (χ4n) is 1.78. The van der Waals surface area contributed by atoms with E-state index in [1.165, 1.54) is 31.4 Å². The summed E-state index contributed by atoms with van der Waals surface area (Å²) in [7, 11) is 1.53. The molecule has 19 heavy (non-hydrogen) atoms. The van der Waals surface area contributed by atoms with Crippen LogP contribution in [-0.2, 0) is 0 Å². The van der Waals surface area contributed by atoms with E-state index >= 15 is 0 Å². The van der Waals surface area contributed by atoms with Crippen molar-refractivity contribution in [1.82, 2.24) is 0 Å². The highest BCUT2D eigenvalue weighted by Crippen LogP contribution is 2.38. The number of alkyl halides is 1. The average molecular weight is 439 g/mol. The predicted molar refractivity (Wildman–Crippen MR) is 82.8 cm³/mol. The molecule has 0 spiro atoms. The highest BCUT2D eigenvalue weighted by Gasteiger charge is 2.18. The SMILES string of the molecule is COc1ccc(F)cc1C(Br)c1ccc(F)cc1I. The van der Waals surface area contributed by atoms with Gasteiger partial charge in [0.1, 0.15) is 17.4 Å². The maximum absolute atomic E-state index is 13.4. The molecule has 2 aromatic carbocycles. The third-order valence-electron chi connectivity index (χ3n) is 2.70. The van der Waals surface area contributed by atoms with Gasteiger partial charge in [-0.2, -0.15) is 0 Å². The summed E-state index contributed by atoms with van der Waals surface area (Å²) in [6.07, 6.45) is 0. The first-order valence-electron chi connectivity index (χ1n) is 5.45. The van der Waals surface area contributed by atoms with Crippen LogP contribution >= 0.6 is 38.5 Å². The molecule has 1 unspecified atom stereocenters. The van der Waals surface area contributed by atoms with Crippen LogP contribution in [0.15, 0.2) is 36.4 Å². The van der Waals surface area contributed by atoms with Crippen LogP contribution in [0.1, 0.15) is 16.0 Å². The monoisotopic (exact) mass is 438 g/mol. The molecule has 0 N–H and O–H groups in total. The third-order valence-corrected chi connectivity index (χ3v) is 4.62. The molecular weight excluding hydrogens is 429 g/mol. The van der Waals surface area contributed by atoms with Crippen LogP contribution in [0.3, 0.4) is 0 Å². The van der Waals surface area contributed by atoms with Gasteiger partial charge in [0.05, 0.1) is 11.9 Å². The van der Waals surface area contributed by atoms with Gasteiger partial charge in [-0.25, -0.2) is 8.78 Å². The van der Waals surface area contributed by atoms with Gasteiger partial charge in [0.15, 0.2) is 0 Å². The number of benzene rings is 2. The Balaban J connectivity index is 2.49. The standard InChI is InChI=1S/C14H10BrF2IO/c1-19-13-5-3-8(16)6-11(13)14(15)10-4-2-9(17)7-12(10)18/h2-7,14H,1H3. The van der Waals surface area contributed by atoms with E-state index in [9.17, 15) is 8.78 Å². The topological polar surface area (TPSA) is 9.23 Å². The van der Waals surface area contributed by atoms with Gasteiger partial charge in [-0.1, -0.05) is 22.0 Å². The molecule has 0 saturated heterocycles. The second-order valence-corrected chi connectivity index (χ2v) is 5.99. The zero-order valence-electron chi connectivity index (χ0n) is 9.96. The van der Waals surface area contributed by atoms with E-state index in [1.807, 2.05) is 0 Å². The quantitative estimate of drug-likeness (QED) is 0.480. The Hall–Kier alpha value is -0.690. The van der Waals surface area contributed by atoms with Crippen molar-refractivity contribution in [2.24, 2.45) is 0 Å². The number of halogens is 4. The van der Waals surface area contributed by atoms with E-state index < -0.39 is 0 Å². The molecule has 0 fully saturated rings. The van der Waals surface area contributed by atoms with E-state index in [2.05, 4.69) is 38.5 Å². The molecule has 0 aliphatic heterocycles. The van der Waals surface area contributed by atoms with Crippen molar-refractivity contribution in [2.75, 3.05) is 7.11 Å². The first-order valence-corrected chi connectivity index (χ1v) is 7.45. The van der Waals surface area contributed by atoms with Crippen LogP contribution in [0.5, 0.6) is 5.75 Å². The van der Waals surface area contributed by atoms with Crippen molar-refractivity contribution in [3.8, 4) is 5.75 Å². The molecule has 5 heteroatoms. The fourth-order valence-corrected chi connectivity index (χ4v) is 3.75. The summed E-state index contributed by atoms with van der Waals surface area (Å²) in [5, 5.41) is 0. The third kappa shape index (κ3) is 3.25. The lowest BCUT2D eigenvalue weighted by Gasteiger charge is -2.16. The maximum Gasteiger partial charge on any atom is 0.124 e. The Morgan fingerprint density at radius 2 is 1.68 bits per heavy atom. The molecule has 0 aromatic heterocycles. The van der Waals surface area contributed by atoms with Crippen molar-refractivity contribution >= 4 is 38.5 Å². The number of ether oxygens (including phenoxy) is 1. The van der Waals surface area contributed by atoms with Crippen LogP contribution in [0.4, 0.5) is 8.78 Å². The first kappa shape index (κ1) is 14.7. The van der Waals surface area contributed by atoms with Crippen molar-refractivity contribution in [3.05, 3.63) is 62.7 Å². The highest BCUT2D eigenvalue weighted by molar-refractivity contribution is 14.1. The van der Waals surface area contributed by atoms with Gasteiger partial charge >= 0.3 is 0 Å². The molecule has 2 rings (SSSR count). The summed E-state index contributed by atoms with van der Waals surface area (Å²) >= 11 is 5.58. The van der Waals surface area contributed by atoms with Crippen molar-refractivity contribution in [3.63, 3.8) is 0 Å². The molecule has 0 amide bonds. The lowest BCUT2D eigenvalue weighted by atomic mass is 10.0. The molecule has 100 valence electrons. The molecule has 2 aromatic rings. The van der Waals surface area contributed by atoms with Gasteiger partial charge < -0.3 is 4.74 Å². The van der Waals surface area contributed by atoms with Crippen LogP contribution < -0.4 is 4.74 Å². The minimum absolute atomic E-state index is 0.259. The summed E-state index contributed by atoms with van der Waals surface area (Å²) in [5.74, 6) is -0.0418. The van der Waals surface area contributed by atoms with Crippen molar-refractivity contribution in [1.29, 1.82) is 0 Å². The largest absolute Gasteiger partial charge is 0.496 e. The maximum atomic E-state index is 13.4. The zero-order chi connectivity index (χ0) is 14.0. The molecule has 1 atom stereocenters. The van der Waals surface area contributed by atoms with Crippen molar-refractivity contribution < 1.29 is 13.5 Å². The molecule has 0 aliphatic rings. The Kier molecular flexibility index (Phi) is 4.78. The lowest BCUT2D eigenvalue weighted by molar-refractivity contribution is 0.409. The zero-order valence-corrected chi connectivity index (χ0v) is 13.7. The van der Waals surface area contributed by atoms with Gasteiger partial charge in [-0.05, 0) is 58.5 Å². The smallest absolute Gasteiger partial charge is 0.124 e. The normalized spacial score (nSPS) is 12.3. The van der Waals surface area contributed by atoms with Gasteiger partial charge in [-0.3, -0.25) is 0 Å². The van der Waals surface area contributed by atoms with E-state index in [4.69, 9.17) is 4.74 Å². The predicted octanol–water partition coefficient (Wildman–Crippen LogP) is 5.06. The van der Waals surface area contributed by atoms with Crippen molar-refractivity contribution in [2.45, 2.75) is 4.83 Å².